The van der Waals surface area contributed by atoms with Gasteiger partial charge in [-0.05, 0) is 42.5 Å². The van der Waals surface area contributed by atoms with Crippen LogP contribution in [0, 0.1) is 3.57 Å². The lowest BCUT2D eigenvalue weighted by Crippen LogP contribution is -2.07. The molecule has 0 radical (unpaired) electrons. The van der Waals surface area contributed by atoms with Gasteiger partial charge in [0.2, 0.25) is 6.79 Å². The first-order valence-electron chi connectivity index (χ1n) is 8.13. The molecule has 2 heterocycles. The first kappa shape index (κ1) is 18.2. The van der Waals surface area contributed by atoms with Gasteiger partial charge >= 0.3 is 0 Å². The van der Waals surface area contributed by atoms with Gasteiger partial charge in [-0.2, -0.15) is 0 Å². The molecule has 7 nitrogen and oxygen atoms in total. The highest BCUT2D eigenvalue weighted by atomic mass is 127. The van der Waals surface area contributed by atoms with Gasteiger partial charge in [0.15, 0.2) is 11.5 Å². The van der Waals surface area contributed by atoms with Gasteiger partial charge in [-0.15, -0.1) is 0 Å². The van der Waals surface area contributed by atoms with Crippen LogP contribution in [-0.4, -0.2) is 28.0 Å². The van der Waals surface area contributed by atoms with Crippen LogP contribution in [-0.2, 0) is 0 Å². The number of nitrogens with one attached hydrogen (secondary N) is 1. The molecule has 9 heteroatoms. The van der Waals surface area contributed by atoms with Crippen LogP contribution in [0.3, 0.4) is 0 Å². The van der Waals surface area contributed by atoms with E-state index in [1.54, 1.807) is 12.1 Å². The number of hydrogen-bond acceptors (Lipinski definition) is 7. The fourth-order valence-electron chi connectivity index (χ4n) is 2.82. The second-order valence-electron chi connectivity index (χ2n) is 6.13. The maximum absolute atomic E-state index is 9.99. The lowest BCUT2D eigenvalue weighted by Gasteiger charge is -2.17. The molecule has 0 amide bonds. The fraction of sp³-hybridized carbons (Fsp3) is 0.222. The Morgan fingerprint density at radius 3 is 2.78 bits per heavy atom. The van der Waals surface area contributed by atoms with Crippen LogP contribution in [0.15, 0.2) is 24.5 Å². The molecule has 0 spiro atoms. The Morgan fingerprint density at radius 2 is 2.00 bits per heavy atom. The Morgan fingerprint density at radius 1 is 1.22 bits per heavy atom. The van der Waals surface area contributed by atoms with E-state index in [0.717, 1.165) is 3.57 Å². The predicted octanol–water partition coefficient (Wildman–Crippen LogP) is 4.85. The molecule has 0 aliphatic carbocycles. The summed E-state index contributed by atoms with van der Waals surface area (Å²) >= 11 is 8.59. The number of phenols is 1. The molecule has 0 atom stereocenters. The molecule has 1 aromatic heterocycles. The number of anilines is 2. The number of ether oxygens (including phenoxy) is 3. The number of halogens is 2. The molecule has 0 saturated heterocycles. The monoisotopic (exact) mass is 499 g/mol. The van der Waals surface area contributed by atoms with Crippen molar-refractivity contribution in [2.45, 2.75) is 20.0 Å². The van der Waals surface area contributed by atoms with Crippen LogP contribution in [0.2, 0.25) is 5.02 Å². The third kappa shape index (κ3) is 3.39. The van der Waals surface area contributed by atoms with Crippen LogP contribution in [0.25, 0.3) is 10.9 Å². The maximum Gasteiger partial charge on any atom is 0.231 e. The van der Waals surface area contributed by atoms with Crippen molar-refractivity contribution in [3.8, 4) is 23.0 Å². The number of aromatic nitrogens is 2. The zero-order valence-corrected chi connectivity index (χ0v) is 17.3. The van der Waals surface area contributed by atoms with Crippen molar-refractivity contribution in [3.05, 3.63) is 33.1 Å². The molecule has 0 saturated carbocycles. The summed E-state index contributed by atoms with van der Waals surface area (Å²) < 4.78 is 17.8. The van der Waals surface area contributed by atoms with E-state index in [2.05, 4.69) is 37.9 Å². The number of aromatic hydroxyl groups is 1. The van der Waals surface area contributed by atoms with Gasteiger partial charge < -0.3 is 24.6 Å². The van der Waals surface area contributed by atoms with Gasteiger partial charge in [0.1, 0.15) is 29.3 Å². The summed E-state index contributed by atoms with van der Waals surface area (Å²) in [7, 11) is 0. The highest BCUT2D eigenvalue weighted by Crippen LogP contribution is 2.48. The minimum atomic E-state index is -0.0917. The van der Waals surface area contributed by atoms with E-state index in [-0.39, 0.29) is 18.6 Å². The topological polar surface area (TPSA) is 85.7 Å². The van der Waals surface area contributed by atoms with Crippen molar-refractivity contribution in [1.29, 1.82) is 0 Å². The van der Waals surface area contributed by atoms with Gasteiger partial charge in [0, 0.05) is 12.1 Å². The summed E-state index contributed by atoms with van der Waals surface area (Å²) in [4.78, 5) is 8.59. The Bertz CT molecular complexity index is 1050. The molecule has 27 heavy (non-hydrogen) atoms. The standard InChI is InChI=1S/C18H15ClIN3O4/c1-8(2)27-13-4-9(24)3-12-14(13)18(22-6-21-12)23-15-10(19)5-11(20)16-17(15)26-7-25-16/h3-6,8,24H,7H2,1-2H3,(H,21,22,23). The van der Waals surface area contributed by atoms with E-state index in [1.807, 2.05) is 13.8 Å². The quantitative estimate of drug-likeness (QED) is 0.496. The second-order valence-corrected chi connectivity index (χ2v) is 7.70. The summed E-state index contributed by atoms with van der Waals surface area (Å²) in [6, 6.07) is 4.88. The SMILES string of the molecule is CC(C)Oc1cc(O)cc2ncnc(Nc3c(Cl)cc(I)c4c3OCO4)c12. The Balaban J connectivity index is 1.88. The van der Waals surface area contributed by atoms with Crippen LogP contribution < -0.4 is 19.5 Å². The summed E-state index contributed by atoms with van der Waals surface area (Å²) in [5.74, 6) is 2.18. The van der Waals surface area contributed by atoms with Gasteiger partial charge in [0.05, 0.1) is 25.6 Å². The molecular weight excluding hydrogens is 485 g/mol. The molecule has 140 valence electrons. The molecule has 0 unspecified atom stereocenters. The Kier molecular flexibility index (Phi) is 4.77. The highest BCUT2D eigenvalue weighted by molar-refractivity contribution is 14.1. The number of phenolic OH excluding ortho intramolecular Hbond substituents is 1. The van der Waals surface area contributed by atoms with Crippen LogP contribution in [0.5, 0.6) is 23.0 Å². The van der Waals surface area contributed by atoms with Crippen molar-refractivity contribution in [3.63, 3.8) is 0 Å². The molecule has 1 aliphatic heterocycles. The largest absolute Gasteiger partial charge is 0.508 e. The Hall–Kier alpha value is -2.20. The van der Waals surface area contributed by atoms with E-state index < -0.39 is 0 Å². The van der Waals surface area contributed by atoms with Crippen molar-refractivity contribution < 1.29 is 19.3 Å². The summed E-state index contributed by atoms with van der Waals surface area (Å²) in [5.41, 5.74) is 1.09. The highest BCUT2D eigenvalue weighted by Gasteiger charge is 2.25. The average Bonchev–Trinajstić information content (AvgIpc) is 3.07. The van der Waals surface area contributed by atoms with Gasteiger partial charge in [0.25, 0.3) is 0 Å². The summed E-state index contributed by atoms with van der Waals surface area (Å²) in [5, 5.41) is 14.3. The van der Waals surface area contributed by atoms with Gasteiger partial charge in [-0.3, -0.25) is 0 Å². The van der Waals surface area contributed by atoms with Crippen LogP contribution in [0.1, 0.15) is 13.8 Å². The fourth-order valence-corrected chi connectivity index (χ4v) is 3.95. The van der Waals surface area contributed by atoms with Crippen molar-refractivity contribution in [1.82, 2.24) is 9.97 Å². The lowest BCUT2D eigenvalue weighted by atomic mass is 10.2. The minimum absolute atomic E-state index is 0.0627. The van der Waals surface area contributed by atoms with Gasteiger partial charge in [-0.25, -0.2) is 9.97 Å². The predicted molar refractivity (Wildman–Crippen MR) is 111 cm³/mol. The number of hydrogen-bond donors (Lipinski definition) is 2. The van der Waals surface area contributed by atoms with Crippen LogP contribution in [0.4, 0.5) is 11.5 Å². The van der Waals surface area contributed by atoms with Crippen molar-refractivity contribution in [2.75, 3.05) is 12.1 Å². The van der Waals surface area contributed by atoms with E-state index >= 15 is 0 Å². The molecular formula is C18H15ClIN3O4. The molecule has 1 aliphatic rings. The second kappa shape index (κ2) is 7.08. The Labute approximate surface area is 173 Å². The number of fused-ring (bicyclic) bond motifs is 2. The van der Waals surface area contributed by atoms with Crippen molar-refractivity contribution in [2.24, 2.45) is 0 Å². The molecule has 0 bridgehead atoms. The summed E-state index contributed by atoms with van der Waals surface area (Å²) in [6.07, 6.45) is 1.31. The first-order valence-corrected chi connectivity index (χ1v) is 9.58. The average molecular weight is 500 g/mol. The maximum atomic E-state index is 9.99. The molecule has 2 aromatic carbocycles. The lowest BCUT2D eigenvalue weighted by molar-refractivity contribution is 0.174. The molecule has 4 rings (SSSR count). The molecule has 2 N–H and O–H groups in total. The van der Waals surface area contributed by atoms with E-state index in [1.165, 1.54) is 12.4 Å². The third-order valence-electron chi connectivity index (χ3n) is 3.84. The van der Waals surface area contributed by atoms with Crippen LogP contribution >= 0.6 is 34.2 Å². The van der Waals surface area contributed by atoms with E-state index in [0.29, 0.717) is 44.7 Å². The third-order valence-corrected chi connectivity index (χ3v) is 4.94. The van der Waals surface area contributed by atoms with Gasteiger partial charge in [-0.1, -0.05) is 11.6 Å². The van der Waals surface area contributed by atoms with E-state index in [4.69, 9.17) is 25.8 Å². The van der Waals surface area contributed by atoms with E-state index in [9.17, 15) is 5.11 Å². The molecule has 0 fully saturated rings. The normalized spacial score (nSPS) is 12.6. The molecule has 3 aromatic rings. The first-order chi connectivity index (χ1) is 12.9. The smallest absolute Gasteiger partial charge is 0.231 e. The minimum Gasteiger partial charge on any atom is -0.508 e. The number of nitrogens with zero attached hydrogens (tertiary/aromatic N) is 2. The zero-order valence-electron chi connectivity index (χ0n) is 14.4. The number of rotatable bonds is 4. The van der Waals surface area contributed by atoms with Crippen molar-refractivity contribution >= 4 is 56.6 Å². The summed E-state index contributed by atoms with van der Waals surface area (Å²) in [6.45, 7) is 3.93. The zero-order chi connectivity index (χ0) is 19.1. The number of benzene rings is 2.